The molecule has 0 radical (unpaired) electrons. The summed E-state index contributed by atoms with van der Waals surface area (Å²) in [6, 6.07) is 2.80. The van der Waals surface area contributed by atoms with Crippen LogP contribution in [0.15, 0.2) is 0 Å². The third-order valence-corrected chi connectivity index (χ3v) is 15.1. The molecule has 1 saturated heterocycles. The average molecular weight is 304 g/mol. The zero-order valence-corrected chi connectivity index (χ0v) is 16.1. The number of rotatable bonds is 4. The summed E-state index contributed by atoms with van der Waals surface area (Å²) in [4.78, 5) is 11.9. The van der Waals surface area contributed by atoms with Gasteiger partial charge in [0.2, 0.25) is 8.32 Å². The molecule has 1 aliphatic rings. The summed E-state index contributed by atoms with van der Waals surface area (Å²) < 4.78 is 8.28. The van der Waals surface area contributed by atoms with Crippen molar-refractivity contribution in [3.8, 4) is 0 Å². The fourth-order valence-corrected chi connectivity index (χ4v) is 17.8. The minimum Gasteiger partial charge on any atom is -0.520 e. The maximum Gasteiger partial charge on any atom is 0.293 e. The minimum atomic E-state index is -1.71. The molecule has 0 aromatic rings. The predicted octanol–water partition coefficient (Wildman–Crippen LogP) is 3.48. The Labute approximate surface area is 115 Å². The van der Waals surface area contributed by atoms with Crippen molar-refractivity contribution < 1.29 is 9.22 Å². The van der Waals surface area contributed by atoms with Gasteiger partial charge in [0, 0.05) is 0 Å². The molecule has 1 fully saturated rings. The van der Waals surface area contributed by atoms with Crippen LogP contribution in [0.25, 0.3) is 0 Å². The first-order valence-corrected chi connectivity index (χ1v) is 16.7. The van der Waals surface area contributed by atoms with E-state index in [1.165, 1.54) is 12.1 Å². The molecule has 0 N–H and O–H groups in total. The van der Waals surface area contributed by atoms with Crippen molar-refractivity contribution in [2.24, 2.45) is 0 Å². The molecule has 0 bridgehead atoms. The van der Waals surface area contributed by atoms with Crippen LogP contribution in [0.3, 0.4) is 0 Å². The van der Waals surface area contributed by atoms with E-state index in [1.54, 1.807) is 0 Å². The Hall–Kier alpha value is 0.0806. The lowest BCUT2D eigenvalue weighted by atomic mass is 10.4. The molecular weight excluding hydrogens is 274 g/mol. The van der Waals surface area contributed by atoms with Crippen molar-refractivity contribution in [3.63, 3.8) is 0 Å². The first-order valence-electron chi connectivity index (χ1n) is 6.94. The van der Waals surface area contributed by atoms with Gasteiger partial charge in [-0.1, -0.05) is 26.2 Å². The van der Waals surface area contributed by atoms with E-state index < -0.39 is 24.8 Å². The van der Waals surface area contributed by atoms with E-state index in [1.807, 2.05) is 0 Å². The van der Waals surface area contributed by atoms with Gasteiger partial charge in [0.15, 0.2) is 0 Å². The lowest BCUT2D eigenvalue weighted by Gasteiger charge is -2.38. The normalized spacial score (nSPS) is 23.1. The van der Waals surface area contributed by atoms with E-state index in [-0.39, 0.29) is 5.97 Å². The molecule has 0 unspecified atom stereocenters. The summed E-state index contributed by atoms with van der Waals surface area (Å²) in [6.07, 6.45) is 0.580. The maximum atomic E-state index is 11.9. The van der Waals surface area contributed by atoms with Gasteiger partial charge in [0.25, 0.3) is 5.97 Å². The quantitative estimate of drug-likeness (QED) is 0.745. The topological polar surface area (TPSA) is 29.5 Å². The van der Waals surface area contributed by atoms with Gasteiger partial charge in [-0.3, -0.25) is 4.79 Å². The predicted molar refractivity (Wildman–Crippen MR) is 85.3 cm³/mol. The number of carbonyl (C=O) groups is 1. The van der Waals surface area contributed by atoms with Crippen molar-refractivity contribution in [1.29, 1.82) is 0 Å². The summed E-state index contributed by atoms with van der Waals surface area (Å²) >= 11 is 0. The molecule has 6 heteroatoms. The molecular formula is C12H29NO2Si3. The second kappa shape index (κ2) is 5.22. The van der Waals surface area contributed by atoms with Crippen molar-refractivity contribution in [3.05, 3.63) is 0 Å². The van der Waals surface area contributed by atoms with Gasteiger partial charge in [-0.2, -0.15) is 0 Å². The van der Waals surface area contributed by atoms with Gasteiger partial charge in [-0.05, 0) is 38.3 Å². The molecule has 1 heterocycles. The molecule has 0 aromatic carbocycles. The lowest BCUT2D eigenvalue weighted by Crippen LogP contribution is -2.55. The molecule has 1 aliphatic heterocycles. The van der Waals surface area contributed by atoms with Crippen LogP contribution < -0.4 is 0 Å². The highest BCUT2D eigenvalue weighted by Crippen LogP contribution is 2.36. The van der Waals surface area contributed by atoms with Crippen LogP contribution in [0.1, 0.15) is 6.42 Å². The Morgan fingerprint density at radius 2 is 1.56 bits per heavy atom. The van der Waals surface area contributed by atoms with E-state index in [2.05, 4.69) is 50.1 Å². The van der Waals surface area contributed by atoms with Gasteiger partial charge in [0.1, 0.15) is 16.5 Å². The van der Waals surface area contributed by atoms with Gasteiger partial charge in [-0.25, -0.2) is 0 Å². The lowest BCUT2D eigenvalue weighted by molar-refractivity contribution is -0.135. The Kier molecular flexibility index (Phi) is 4.68. The zero-order valence-electron chi connectivity index (χ0n) is 13.1. The number of hydrogen-bond acceptors (Lipinski definition) is 3. The van der Waals surface area contributed by atoms with Crippen LogP contribution >= 0.6 is 0 Å². The smallest absolute Gasteiger partial charge is 0.293 e. The van der Waals surface area contributed by atoms with Crippen molar-refractivity contribution in [1.82, 2.24) is 4.23 Å². The summed E-state index contributed by atoms with van der Waals surface area (Å²) in [5.41, 5.74) is 0. The van der Waals surface area contributed by atoms with Crippen molar-refractivity contribution in [2.45, 2.75) is 64.3 Å². The fraction of sp³-hybridized carbons (Fsp3) is 0.917. The molecule has 106 valence electrons. The van der Waals surface area contributed by atoms with Crippen molar-refractivity contribution in [2.75, 3.05) is 6.54 Å². The van der Waals surface area contributed by atoms with E-state index in [0.29, 0.717) is 6.42 Å². The summed E-state index contributed by atoms with van der Waals surface area (Å²) in [6.45, 7) is 16.9. The summed E-state index contributed by atoms with van der Waals surface area (Å²) in [7, 11) is -4.18. The first kappa shape index (κ1) is 16.1. The number of nitrogens with zero attached hydrogens (tertiary/aromatic N) is 1. The molecule has 1 rings (SSSR count). The third kappa shape index (κ3) is 4.32. The maximum absolute atomic E-state index is 11.9. The molecule has 0 spiro atoms. The van der Waals surface area contributed by atoms with Crippen LogP contribution in [0, 0.1) is 0 Å². The van der Waals surface area contributed by atoms with Crippen molar-refractivity contribution >= 4 is 30.8 Å². The molecule has 0 aromatic heterocycles. The van der Waals surface area contributed by atoms with Gasteiger partial charge in [-0.15, -0.1) is 0 Å². The summed E-state index contributed by atoms with van der Waals surface area (Å²) in [5.74, 6) is 0.00988. The van der Waals surface area contributed by atoms with Gasteiger partial charge >= 0.3 is 0 Å². The first-order chi connectivity index (χ1) is 7.94. The van der Waals surface area contributed by atoms with Crippen LogP contribution in [-0.4, -0.2) is 41.5 Å². The summed E-state index contributed by atoms with van der Waals surface area (Å²) in [5, 5.41) is 0. The largest absolute Gasteiger partial charge is 0.520 e. The molecule has 0 amide bonds. The molecule has 0 atom stereocenters. The second-order valence-corrected chi connectivity index (χ2v) is 21.8. The molecule has 18 heavy (non-hydrogen) atoms. The van der Waals surface area contributed by atoms with Crippen LogP contribution in [0.5, 0.6) is 0 Å². The highest BCUT2D eigenvalue weighted by Gasteiger charge is 2.46. The van der Waals surface area contributed by atoms with Gasteiger partial charge in [0.05, 0.1) is 6.42 Å². The zero-order chi connectivity index (χ0) is 14.2. The highest BCUT2D eigenvalue weighted by molar-refractivity contribution is 6.95. The highest BCUT2D eigenvalue weighted by atomic mass is 28.4. The third-order valence-electron chi connectivity index (χ3n) is 3.77. The second-order valence-electron chi connectivity index (χ2n) is 7.61. The van der Waals surface area contributed by atoms with E-state index in [4.69, 9.17) is 4.43 Å². The Bertz CT molecular complexity index is 308. The molecule has 3 nitrogen and oxygen atoms in total. The van der Waals surface area contributed by atoms with Crippen LogP contribution in [-0.2, 0) is 9.22 Å². The fourth-order valence-electron chi connectivity index (χ4n) is 2.90. The Morgan fingerprint density at radius 1 is 1.11 bits per heavy atom. The number of hydrogen-bond donors (Lipinski definition) is 0. The van der Waals surface area contributed by atoms with E-state index in [0.717, 1.165) is 6.54 Å². The van der Waals surface area contributed by atoms with Gasteiger partial charge < -0.3 is 8.66 Å². The SMILES string of the molecule is C[Si](C)(C)OC(=O)CCN1[Si](C)(C)CC[Si]1(C)C. The minimum absolute atomic E-state index is 0.00988. The van der Waals surface area contributed by atoms with Crippen LogP contribution in [0.4, 0.5) is 0 Å². The average Bonchev–Trinajstić information content (AvgIpc) is 2.31. The Balaban J connectivity index is 2.55. The monoisotopic (exact) mass is 303 g/mol. The van der Waals surface area contributed by atoms with E-state index in [9.17, 15) is 4.79 Å². The molecule has 0 saturated carbocycles. The Morgan fingerprint density at radius 3 is 1.94 bits per heavy atom. The number of carbonyl (C=O) groups excluding carboxylic acids is 1. The van der Waals surface area contributed by atoms with Crippen LogP contribution in [0.2, 0.25) is 57.9 Å². The molecule has 0 aliphatic carbocycles. The standard InChI is InChI=1S/C12H29NO2Si3/c1-16(2,3)15-12(14)8-9-13-17(4,5)10-11-18(13,6)7/h8-11H2,1-7H3. The van der Waals surface area contributed by atoms with E-state index >= 15 is 0 Å².